The first kappa shape index (κ1) is 22.9. The quantitative estimate of drug-likeness (QED) is 0.608. The van der Waals surface area contributed by atoms with Crippen LogP contribution in [0.4, 0.5) is 16.4 Å². The molecule has 1 radical (unpaired) electrons. The van der Waals surface area contributed by atoms with Gasteiger partial charge in [-0.3, -0.25) is 10.6 Å². The second-order valence-electron chi connectivity index (χ2n) is 6.51. The normalized spacial score (nSPS) is 10.3. The third-order valence-electron chi connectivity index (χ3n) is 3.49. The zero-order chi connectivity index (χ0) is 17.9. The Bertz CT molecular complexity index is 859. The Morgan fingerprint density at radius 1 is 1.15 bits per heavy atom. The molecule has 8 heteroatoms. The molecule has 0 bridgehead atoms. The van der Waals surface area contributed by atoms with Gasteiger partial charge in [0.05, 0.1) is 5.69 Å². The van der Waals surface area contributed by atoms with Crippen molar-refractivity contribution in [1.29, 1.82) is 0 Å². The van der Waals surface area contributed by atoms with Crippen molar-refractivity contribution in [2.24, 2.45) is 0 Å². The number of hydrogen-bond acceptors (Lipinski definition) is 4. The van der Waals surface area contributed by atoms with Crippen LogP contribution in [0.25, 0.3) is 5.69 Å². The van der Waals surface area contributed by atoms with Crippen molar-refractivity contribution in [3.8, 4) is 5.69 Å². The number of rotatable bonds is 3. The van der Waals surface area contributed by atoms with Gasteiger partial charge >= 0.3 is 6.03 Å². The predicted molar refractivity (Wildman–Crippen MR) is 102 cm³/mol. The number of aromatic nitrogens is 4. The van der Waals surface area contributed by atoms with Crippen molar-refractivity contribution in [3.63, 3.8) is 0 Å². The maximum Gasteiger partial charge on any atom is 0.326 e. The van der Waals surface area contributed by atoms with Gasteiger partial charge in [0.15, 0.2) is 0 Å². The topological polar surface area (TPSA) is 84.7 Å². The molecule has 27 heavy (non-hydrogen) atoms. The summed E-state index contributed by atoms with van der Waals surface area (Å²) in [5.41, 5.74) is 1.57. The minimum absolute atomic E-state index is 0. The Hall–Kier alpha value is -2.12. The first-order valence-corrected chi connectivity index (χ1v) is 7.84. The molecule has 0 unspecified atom stereocenters. The molecule has 0 saturated carbocycles. The fourth-order valence-corrected chi connectivity index (χ4v) is 2.18. The summed E-state index contributed by atoms with van der Waals surface area (Å²) >= 11 is 0. The Balaban J connectivity index is 0.00000182. The minimum Gasteiger partial charge on any atom is -0.358 e. The number of urea groups is 1. The van der Waals surface area contributed by atoms with Gasteiger partial charge in [0.2, 0.25) is 0 Å². The summed E-state index contributed by atoms with van der Waals surface area (Å²) < 4.78 is 1.70. The van der Waals surface area contributed by atoms with E-state index in [1.165, 1.54) is 6.33 Å². The molecule has 2 aromatic heterocycles. The molecule has 0 aliphatic rings. The summed E-state index contributed by atoms with van der Waals surface area (Å²) in [6.45, 7) is 6.22. The minimum atomic E-state index is -0.400. The molecule has 1 aromatic carbocycles. The Morgan fingerprint density at radius 2 is 1.85 bits per heavy atom. The maximum atomic E-state index is 12.3. The zero-order valence-electron chi connectivity index (χ0n) is 15.9. The molecule has 3 aromatic rings. The van der Waals surface area contributed by atoms with Crippen LogP contribution in [0.3, 0.4) is 0 Å². The van der Waals surface area contributed by atoms with Gasteiger partial charge < -0.3 is 7.43 Å². The van der Waals surface area contributed by atoms with Crippen molar-refractivity contribution < 1.29 is 37.5 Å². The van der Waals surface area contributed by atoms with E-state index in [9.17, 15) is 4.79 Å². The number of amides is 2. The van der Waals surface area contributed by atoms with E-state index in [0.717, 1.165) is 11.4 Å². The van der Waals surface area contributed by atoms with E-state index in [2.05, 4.69) is 52.5 Å². The summed E-state index contributed by atoms with van der Waals surface area (Å²) in [6, 6.07) is 13.4. The average molecular weight is 439 g/mol. The van der Waals surface area contributed by atoms with E-state index in [-0.39, 0.29) is 45.6 Å². The van der Waals surface area contributed by atoms with Crippen LogP contribution >= 0.6 is 0 Å². The summed E-state index contributed by atoms with van der Waals surface area (Å²) in [5.74, 6) is 0.992. The van der Waals surface area contributed by atoms with Gasteiger partial charge in [-0.25, -0.2) is 19.4 Å². The molecule has 2 amide bonds. The molecule has 139 valence electrons. The third kappa shape index (κ3) is 5.94. The summed E-state index contributed by atoms with van der Waals surface area (Å²) in [5, 5.41) is 10.1. The van der Waals surface area contributed by atoms with Crippen LogP contribution in [0.1, 0.15) is 26.5 Å². The SMILES string of the molecule is CC(C)(C)c1cc(NC(=O)Nc2ccncn2)n(-c2cc[c-]cc2)n1.[CH3-].[Y]. The van der Waals surface area contributed by atoms with E-state index in [1.807, 2.05) is 18.2 Å². The van der Waals surface area contributed by atoms with Crippen LogP contribution in [-0.4, -0.2) is 25.8 Å². The largest absolute Gasteiger partial charge is 0.358 e. The predicted octanol–water partition coefficient (Wildman–Crippen LogP) is 3.85. The smallest absolute Gasteiger partial charge is 0.326 e. The zero-order valence-corrected chi connectivity index (χ0v) is 18.7. The number of benzene rings is 1. The average Bonchev–Trinajstić information content (AvgIpc) is 3.00. The van der Waals surface area contributed by atoms with E-state index in [4.69, 9.17) is 0 Å². The summed E-state index contributed by atoms with van der Waals surface area (Å²) in [4.78, 5) is 20.1. The molecular formula is C19H22N6OY-2. The molecule has 0 saturated heterocycles. The van der Waals surface area contributed by atoms with Crippen LogP contribution in [0, 0.1) is 13.5 Å². The van der Waals surface area contributed by atoms with Gasteiger partial charge in [-0.2, -0.15) is 23.3 Å². The van der Waals surface area contributed by atoms with E-state index in [0.29, 0.717) is 11.6 Å². The monoisotopic (exact) mass is 439 g/mol. The van der Waals surface area contributed by atoms with Crippen LogP contribution in [0.15, 0.2) is 48.9 Å². The number of carbonyl (C=O) groups excluding carboxylic acids is 1. The van der Waals surface area contributed by atoms with Crippen LogP contribution in [0.2, 0.25) is 0 Å². The van der Waals surface area contributed by atoms with Gasteiger partial charge in [-0.15, -0.1) is 12.1 Å². The van der Waals surface area contributed by atoms with Crippen molar-refractivity contribution in [3.05, 3.63) is 68.1 Å². The van der Waals surface area contributed by atoms with Crippen molar-refractivity contribution in [2.75, 3.05) is 10.6 Å². The van der Waals surface area contributed by atoms with E-state index < -0.39 is 6.03 Å². The molecule has 7 nitrogen and oxygen atoms in total. The number of hydrogen-bond donors (Lipinski definition) is 2. The Morgan fingerprint density at radius 3 is 2.44 bits per heavy atom. The molecule has 2 heterocycles. The van der Waals surface area contributed by atoms with Gasteiger partial charge in [-0.1, -0.05) is 20.8 Å². The van der Waals surface area contributed by atoms with Crippen LogP contribution in [-0.2, 0) is 38.1 Å². The van der Waals surface area contributed by atoms with Gasteiger partial charge in [0.1, 0.15) is 18.0 Å². The second-order valence-corrected chi connectivity index (χ2v) is 6.51. The van der Waals surface area contributed by atoms with Crippen molar-refractivity contribution >= 4 is 17.7 Å². The van der Waals surface area contributed by atoms with Crippen molar-refractivity contribution in [1.82, 2.24) is 19.7 Å². The number of anilines is 2. The fraction of sp³-hybridized carbons (Fsp3) is 0.211. The Kier molecular flexibility index (Phi) is 8.25. The summed E-state index contributed by atoms with van der Waals surface area (Å²) in [6.07, 6.45) is 2.93. The van der Waals surface area contributed by atoms with Gasteiger partial charge in [0.25, 0.3) is 0 Å². The molecular weight excluding hydrogens is 417 g/mol. The van der Waals surface area contributed by atoms with E-state index >= 15 is 0 Å². The van der Waals surface area contributed by atoms with Crippen LogP contribution < -0.4 is 10.6 Å². The molecule has 2 N–H and O–H groups in total. The standard InChI is InChI=1S/C18H19N6O.CH3.Y/c1-18(2,3)14-11-16(24(23-14)13-7-5-4-6-8-13)22-17(25)21-15-9-10-19-12-20-15;;/h5-12H,1-3H3,(H2,19,20,21,22,25);1H3;/q2*-1;. The van der Waals surface area contributed by atoms with Crippen LogP contribution in [0.5, 0.6) is 0 Å². The van der Waals surface area contributed by atoms with Gasteiger partial charge in [-0.05, 0) is 11.8 Å². The number of nitrogens with zero attached hydrogens (tertiary/aromatic N) is 4. The maximum absolute atomic E-state index is 12.3. The number of nitrogens with one attached hydrogen (secondary N) is 2. The van der Waals surface area contributed by atoms with E-state index in [1.54, 1.807) is 29.1 Å². The van der Waals surface area contributed by atoms with Crippen molar-refractivity contribution in [2.45, 2.75) is 26.2 Å². The number of carbonyl (C=O) groups is 1. The Labute approximate surface area is 184 Å². The molecule has 0 atom stereocenters. The molecule has 3 rings (SSSR count). The fourth-order valence-electron chi connectivity index (χ4n) is 2.18. The summed E-state index contributed by atoms with van der Waals surface area (Å²) in [7, 11) is 0. The first-order valence-electron chi connectivity index (χ1n) is 7.84. The molecule has 0 spiro atoms. The second kappa shape index (κ2) is 9.71. The molecule has 0 fully saturated rings. The third-order valence-corrected chi connectivity index (χ3v) is 3.49. The van der Waals surface area contributed by atoms with Gasteiger partial charge in [0, 0.05) is 50.4 Å². The molecule has 0 aliphatic heterocycles. The molecule has 0 aliphatic carbocycles. The first-order chi connectivity index (χ1) is 11.9.